The van der Waals surface area contributed by atoms with Crippen molar-refractivity contribution in [1.29, 1.82) is 5.41 Å². The first-order valence-corrected chi connectivity index (χ1v) is 3.75. The van der Waals surface area contributed by atoms with Crippen molar-refractivity contribution in [3.8, 4) is 0 Å². The van der Waals surface area contributed by atoms with Crippen molar-refractivity contribution in [3.05, 3.63) is 0 Å². The van der Waals surface area contributed by atoms with Crippen molar-refractivity contribution >= 4 is 6.21 Å². The van der Waals surface area contributed by atoms with Gasteiger partial charge in [-0.1, -0.05) is 0 Å². The lowest BCUT2D eigenvalue weighted by molar-refractivity contribution is 0.0997. The summed E-state index contributed by atoms with van der Waals surface area (Å²) < 4.78 is 0. The molecular weight excluding hydrogens is 128 g/mol. The van der Waals surface area contributed by atoms with Crippen LogP contribution in [0.25, 0.3) is 0 Å². The Labute approximate surface area is 61.0 Å². The van der Waals surface area contributed by atoms with Gasteiger partial charge in [0.05, 0.1) is 6.10 Å². The maximum absolute atomic E-state index is 9.33. The highest BCUT2D eigenvalue weighted by molar-refractivity contribution is 5.54. The van der Waals surface area contributed by atoms with E-state index in [1.54, 1.807) is 0 Å². The lowest BCUT2D eigenvalue weighted by Crippen LogP contribution is -2.44. The molecule has 1 aliphatic heterocycles. The van der Waals surface area contributed by atoms with Gasteiger partial charge in [-0.3, -0.25) is 0 Å². The van der Waals surface area contributed by atoms with Crippen LogP contribution < -0.4 is 5.32 Å². The Morgan fingerprint density at radius 3 is 3.10 bits per heavy atom. The average molecular weight is 142 g/mol. The highest BCUT2D eigenvalue weighted by Crippen LogP contribution is 2.09. The summed E-state index contributed by atoms with van der Waals surface area (Å²) >= 11 is 0. The molecular formula is C7H14N2O. The van der Waals surface area contributed by atoms with E-state index in [1.807, 2.05) is 0 Å². The van der Waals surface area contributed by atoms with Gasteiger partial charge in [0.1, 0.15) is 0 Å². The molecule has 0 aromatic carbocycles. The van der Waals surface area contributed by atoms with Crippen LogP contribution in [-0.2, 0) is 0 Å². The molecule has 0 radical (unpaired) electrons. The minimum atomic E-state index is -0.240. The summed E-state index contributed by atoms with van der Waals surface area (Å²) in [5, 5.41) is 19.4. The number of rotatable bonds is 2. The summed E-state index contributed by atoms with van der Waals surface area (Å²) in [5.41, 5.74) is 0. The molecule has 0 bridgehead atoms. The number of nitrogens with one attached hydrogen (secondary N) is 2. The van der Waals surface area contributed by atoms with Crippen LogP contribution in [0.5, 0.6) is 0 Å². The highest BCUT2D eigenvalue weighted by Gasteiger charge is 2.20. The Hall–Kier alpha value is -0.410. The van der Waals surface area contributed by atoms with Crippen LogP contribution in [0, 0.1) is 5.41 Å². The van der Waals surface area contributed by atoms with Crippen LogP contribution in [0.1, 0.15) is 19.3 Å². The van der Waals surface area contributed by atoms with Crippen molar-refractivity contribution < 1.29 is 5.11 Å². The number of piperidine rings is 1. The van der Waals surface area contributed by atoms with Gasteiger partial charge < -0.3 is 15.8 Å². The van der Waals surface area contributed by atoms with Crippen LogP contribution in [0.3, 0.4) is 0 Å². The lowest BCUT2D eigenvalue weighted by atomic mass is 9.99. The standard InChI is InChI=1S/C7H14N2O/c8-4-3-6-7(10)2-1-5-9-6/h4,6-10H,1-3,5H2/t6?,7-/m1/s1. The fourth-order valence-corrected chi connectivity index (χ4v) is 1.30. The van der Waals surface area contributed by atoms with Gasteiger partial charge in [-0.15, -0.1) is 0 Å². The van der Waals surface area contributed by atoms with Gasteiger partial charge in [0, 0.05) is 6.04 Å². The zero-order valence-electron chi connectivity index (χ0n) is 6.01. The minimum Gasteiger partial charge on any atom is -0.391 e. The van der Waals surface area contributed by atoms with Gasteiger partial charge in [0.25, 0.3) is 0 Å². The van der Waals surface area contributed by atoms with Crippen LogP contribution in [-0.4, -0.2) is 30.0 Å². The third-order valence-corrected chi connectivity index (χ3v) is 1.92. The van der Waals surface area contributed by atoms with Crippen LogP contribution in [0.4, 0.5) is 0 Å². The molecule has 3 N–H and O–H groups in total. The maximum atomic E-state index is 9.33. The molecule has 0 aliphatic carbocycles. The smallest absolute Gasteiger partial charge is 0.0697 e. The molecule has 1 aliphatic rings. The van der Waals surface area contributed by atoms with Crippen molar-refractivity contribution in [3.63, 3.8) is 0 Å². The molecule has 10 heavy (non-hydrogen) atoms. The summed E-state index contributed by atoms with van der Waals surface area (Å²) in [6.07, 6.45) is 3.70. The van der Waals surface area contributed by atoms with Crippen molar-refractivity contribution in [1.82, 2.24) is 5.32 Å². The average Bonchev–Trinajstić information content (AvgIpc) is 1.94. The Bertz CT molecular complexity index is 116. The van der Waals surface area contributed by atoms with Crippen LogP contribution in [0.15, 0.2) is 0 Å². The van der Waals surface area contributed by atoms with Gasteiger partial charge in [0.2, 0.25) is 0 Å². The summed E-state index contributed by atoms with van der Waals surface area (Å²) in [4.78, 5) is 0. The van der Waals surface area contributed by atoms with Gasteiger partial charge >= 0.3 is 0 Å². The van der Waals surface area contributed by atoms with Gasteiger partial charge in [0.15, 0.2) is 0 Å². The Morgan fingerprint density at radius 1 is 1.70 bits per heavy atom. The molecule has 0 spiro atoms. The quantitative estimate of drug-likeness (QED) is 0.480. The molecule has 1 saturated heterocycles. The molecule has 0 amide bonds. The Kier molecular flexibility index (Phi) is 2.83. The molecule has 2 atom stereocenters. The molecule has 58 valence electrons. The highest BCUT2D eigenvalue weighted by atomic mass is 16.3. The first-order valence-electron chi connectivity index (χ1n) is 3.75. The summed E-state index contributed by atoms with van der Waals surface area (Å²) in [7, 11) is 0. The van der Waals surface area contributed by atoms with E-state index >= 15 is 0 Å². The minimum absolute atomic E-state index is 0.131. The number of aliphatic hydroxyl groups is 1. The lowest BCUT2D eigenvalue weighted by Gasteiger charge is -2.27. The number of aliphatic hydroxyl groups excluding tert-OH is 1. The second kappa shape index (κ2) is 3.68. The van der Waals surface area contributed by atoms with E-state index in [4.69, 9.17) is 5.41 Å². The summed E-state index contributed by atoms with van der Waals surface area (Å²) in [6, 6.07) is 0.131. The van der Waals surface area contributed by atoms with E-state index in [0.717, 1.165) is 19.4 Å². The third-order valence-electron chi connectivity index (χ3n) is 1.92. The zero-order chi connectivity index (χ0) is 7.40. The van der Waals surface area contributed by atoms with Crippen molar-refractivity contribution in [2.45, 2.75) is 31.4 Å². The predicted octanol–water partition coefficient (Wildman–Crippen LogP) is 0.139. The second-order valence-corrected chi connectivity index (χ2v) is 2.71. The largest absolute Gasteiger partial charge is 0.391 e. The fraction of sp³-hybridized carbons (Fsp3) is 0.857. The van der Waals surface area contributed by atoms with Crippen molar-refractivity contribution in [2.75, 3.05) is 6.54 Å². The van der Waals surface area contributed by atoms with Gasteiger partial charge in [-0.2, -0.15) is 0 Å². The van der Waals surface area contributed by atoms with Crippen molar-refractivity contribution in [2.24, 2.45) is 0 Å². The molecule has 1 fully saturated rings. The van der Waals surface area contributed by atoms with E-state index < -0.39 is 0 Å². The van der Waals surface area contributed by atoms with E-state index in [2.05, 4.69) is 5.32 Å². The van der Waals surface area contributed by atoms with E-state index in [-0.39, 0.29) is 12.1 Å². The summed E-state index contributed by atoms with van der Waals surface area (Å²) in [6.45, 7) is 0.982. The number of hydrogen-bond acceptors (Lipinski definition) is 3. The Balaban J connectivity index is 2.32. The molecule has 0 saturated carbocycles. The zero-order valence-corrected chi connectivity index (χ0v) is 6.01. The van der Waals surface area contributed by atoms with Gasteiger partial charge in [-0.25, -0.2) is 0 Å². The fourth-order valence-electron chi connectivity index (χ4n) is 1.30. The molecule has 0 aromatic heterocycles. The first kappa shape index (κ1) is 7.69. The predicted molar refractivity (Wildman–Crippen MR) is 40.4 cm³/mol. The first-order chi connectivity index (χ1) is 4.84. The molecule has 1 unspecified atom stereocenters. The van der Waals surface area contributed by atoms with Crippen LogP contribution >= 0.6 is 0 Å². The second-order valence-electron chi connectivity index (χ2n) is 2.71. The molecule has 1 heterocycles. The topological polar surface area (TPSA) is 56.1 Å². The van der Waals surface area contributed by atoms with E-state index in [1.165, 1.54) is 6.21 Å². The third kappa shape index (κ3) is 1.78. The molecule has 3 heteroatoms. The number of hydrogen-bond donors (Lipinski definition) is 3. The summed E-state index contributed by atoms with van der Waals surface area (Å²) in [5.74, 6) is 0. The Morgan fingerprint density at radius 2 is 2.50 bits per heavy atom. The molecule has 0 aromatic rings. The van der Waals surface area contributed by atoms with E-state index in [0.29, 0.717) is 6.42 Å². The molecule has 3 nitrogen and oxygen atoms in total. The van der Waals surface area contributed by atoms with Crippen LogP contribution in [0.2, 0.25) is 0 Å². The SMILES string of the molecule is N=CCC1NCCC[C@H]1O. The normalized spacial score (nSPS) is 33.7. The molecule has 1 rings (SSSR count). The monoisotopic (exact) mass is 142 g/mol. The van der Waals surface area contributed by atoms with Gasteiger partial charge in [-0.05, 0) is 32.0 Å². The van der Waals surface area contributed by atoms with E-state index in [9.17, 15) is 5.11 Å². The maximum Gasteiger partial charge on any atom is 0.0697 e.